The van der Waals surface area contributed by atoms with Crippen LogP contribution < -0.4 is 0 Å². The van der Waals surface area contributed by atoms with Crippen LogP contribution in [0.25, 0.3) is 11.0 Å². The summed E-state index contributed by atoms with van der Waals surface area (Å²) < 4.78 is 19.9. The second-order valence-electron chi connectivity index (χ2n) is 5.64. The molecule has 1 saturated carbocycles. The van der Waals surface area contributed by atoms with Crippen LogP contribution in [0.2, 0.25) is 0 Å². The van der Waals surface area contributed by atoms with Crippen molar-refractivity contribution in [1.82, 2.24) is 0 Å². The van der Waals surface area contributed by atoms with Gasteiger partial charge in [0.1, 0.15) is 11.3 Å². The third-order valence-corrected chi connectivity index (χ3v) is 6.56. The van der Waals surface area contributed by atoms with E-state index >= 15 is 0 Å². The maximum atomic E-state index is 13.0. The summed E-state index contributed by atoms with van der Waals surface area (Å²) in [6.45, 7) is 3.97. The van der Waals surface area contributed by atoms with Gasteiger partial charge in [-0.05, 0) is 44.4 Å². The van der Waals surface area contributed by atoms with Crippen LogP contribution in [0, 0.1) is 13.8 Å². The molecule has 108 valence electrons. The Morgan fingerprint density at radius 3 is 2.60 bits per heavy atom. The second kappa shape index (κ2) is 5.64. The maximum absolute atomic E-state index is 13.0. The van der Waals surface area contributed by atoms with Crippen molar-refractivity contribution in [2.24, 2.45) is 0 Å². The van der Waals surface area contributed by atoms with Gasteiger partial charge in [-0.25, -0.2) is 0 Å². The highest BCUT2D eigenvalue weighted by Gasteiger charge is 2.26. The first kappa shape index (κ1) is 14.3. The van der Waals surface area contributed by atoms with Gasteiger partial charge in [-0.3, -0.25) is 4.21 Å². The molecule has 0 saturated heterocycles. The van der Waals surface area contributed by atoms with Gasteiger partial charge in [0.05, 0.1) is 15.7 Å². The first-order chi connectivity index (χ1) is 9.58. The van der Waals surface area contributed by atoms with Crippen LogP contribution in [0.1, 0.15) is 43.4 Å². The minimum absolute atomic E-state index is 0.294. The van der Waals surface area contributed by atoms with E-state index in [0.29, 0.717) is 5.25 Å². The van der Waals surface area contributed by atoms with E-state index in [0.717, 1.165) is 44.5 Å². The van der Waals surface area contributed by atoms with Crippen LogP contribution in [0.3, 0.4) is 0 Å². The summed E-state index contributed by atoms with van der Waals surface area (Å²) in [5.74, 6) is 0.810. The monoisotopic (exact) mass is 354 g/mol. The highest BCUT2D eigenvalue weighted by atomic mass is 79.9. The van der Waals surface area contributed by atoms with Gasteiger partial charge in [-0.1, -0.05) is 35.2 Å². The van der Waals surface area contributed by atoms with E-state index in [4.69, 9.17) is 4.42 Å². The van der Waals surface area contributed by atoms with Crippen LogP contribution in [0.15, 0.2) is 25.9 Å². The van der Waals surface area contributed by atoms with Crippen molar-refractivity contribution >= 4 is 37.7 Å². The summed E-state index contributed by atoms with van der Waals surface area (Å²) in [4.78, 5) is 0.913. The Kier molecular flexibility index (Phi) is 4.04. The zero-order valence-electron chi connectivity index (χ0n) is 11.9. The predicted octanol–water partition coefficient (Wildman–Crippen LogP) is 5.25. The van der Waals surface area contributed by atoms with E-state index < -0.39 is 10.8 Å². The summed E-state index contributed by atoms with van der Waals surface area (Å²) in [6.07, 6.45) is 5.84. The topological polar surface area (TPSA) is 30.2 Å². The number of furan rings is 1. The number of hydrogen-bond acceptors (Lipinski definition) is 2. The Hall–Kier alpha value is -0.610. The SMILES string of the molecule is Cc1oc2c(C)cc(Br)cc2c1S(=O)C1CCCCC1. The predicted molar refractivity (Wildman–Crippen MR) is 86.7 cm³/mol. The van der Waals surface area contributed by atoms with Crippen molar-refractivity contribution < 1.29 is 8.63 Å². The molecule has 0 aliphatic heterocycles. The Balaban J connectivity index is 2.10. The standard InChI is InChI=1S/C16H19BrO2S/c1-10-8-12(17)9-14-15(10)19-11(2)16(14)20(18)13-6-4-3-5-7-13/h8-9,13H,3-7H2,1-2H3. The van der Waals surface area contributed by atoms with Gasteiger partial charge >= 0.3 is 0 Å². The lowest BCUT2D eigenvalue weighted by Gasteiger charge is -2.20. The summed E-state index contributed by atoms with van der Waals surface area (Å²) >= 11 is 3.53. The number of rotatable bonds is 2. The molecule has 1 atom stereocenters. The van der Waals surface area contributed by atoms with E-state index in [1.165, 1.54) is 19.3 Å². The average molecular weight is 355 g/mol. The van der Waals surface area contributed by atoms with Gasteiger partial charge in [0.15, 0.2) is 0 Å². The quantitative estimate of drug-likeness (QED) is 0.736. The van der Waals surface area contributed by atoms with Crippen LogP contribution in [0.4, 0.5) is 0 Å². The Labute approximate surface area is 130 Å². The van der Waals surface area contributed by atoms with Crippen LogP contribution in [-0.4, -0.2) is 9.46 Å². The van der Waals surface area contributed by atoms with Crippen molar-refractivity contribution in [1.29, 1.82) is 0 Å². The Morgan fingerprint density at radius 1 is 1.20 bits per heavy atom. The highest BCUT2D eigenvalue weighted by Crippen LogP contribution is 2.36. The molecule has 1 aromatic heterocycles. The Bertz CT molecular complexity index is 669. The van der Waals surface area contributed by atoms with Crippen LogP contribution in [0.5, 0.6) is 0 Å². The number of halogens is 1. The maximum Gasteiger partial charge on any atom is 0.138 e. The fraction of sp³-hybridized carbons (Fsp3) is 0.500. The van der Waals surface area contributed by atoms with Gasteiger partial charge in [-0.2, -0.15) is 0 Å². The van der Waals surface area contributed by atoms with Gasteiger partial charge in [0, 0.05) is 15.1 Å². The van der Waals surface area contributed by atoms with Crippen LogP contribution >= 0.6 is 15.9 Å². The van der Waals surface area contributed by atoms with E-state index in [9.17, 15) is 4.21 Å². The summed E-state index contributed by atoms with van der Waals surface area (Å²) in [5.41, 5.74) is 1.97. The molecule has 1 aliphatic rings. The molecular formula is C16H19BrO2S. The van der Waals surface area contributed by atoms with Crippen molar-refractivity contribution in [3.05, 3.63) is 27.9 Å². The minimum Gasteiger partial charge on any atom is -0.460 e. The number of benzene rings is 1. The lowest BCUT2D eigenvalue weighted by atomic mass is 10.0. The third kappa shape index (κ3) is 2.48. The molecule has 3 rings (SSSR count). The fourth-order valence-corrected chi connectivity index (χ4v) is 5.48. The van der Waals surface area contributed by atoms with Gasteiger partial charge in [-0.15, -0.1) is 0 Å². The lowest BCUT2D eigenvalue weighted by Crippen LogP contribution is -2.19. The van der Waals surface area contributed by atoms with Crippen molar-refractivity contribution in [2.75, 3.05) is 0 Å². The van der Waals surface area contributed by atoms with E-state index in [1.807, 2.05) is 26.0 Å². The van der Waals surface area contributed by atoms with E-state index in [-0.39, 0.29) is 0 Å². The molecule has 0 N–H and O–H groups in total. The van der Waals surface area contributed by atoms with Crippen molar-refractivity contribution in [3.63, 3.8) is 0 Å². The average Bonchev–Trinajstić information content (AvgIpc) is 2.76. The molecule has 20 heavy (non-hydrogen) atoms. The molecule has 4 heteroatoms. The first-order valence-electron chi connectivity index (χ1n) is 7.17. The molecule has 0 spiro atoms. The molecule has 1 aliphatic carbocycles. The third-order valence-electron chi connectivity index (χ3n) is 4.12. The molecule has 1 fully saturated rings. The normalized spacial score (nSPS) is 18.6. The molecule has 0 amide bonds. The number of fused-ring (bicyclic) bond motifs is 1. The van der Waals surface area contributed by atoms with Gasteiger partial charge < -0.3 is 4.42 Å². The highest BCUT2D eigenvalue weighted by molar-refractivity contribution is 9.10. The largest absolute Gasteiger partial charge is 0.460 e. The molecule has 1 aromatic carbocycles. The zero-order chi connectivity index (χ0) is 14.3. The fourth-order valence-electron chi connectivity index (χ4n) is 3.12. The summed E-state index contributed by atoms with van der Waals surface area (Å²) in [7, 11) is -0.956. The van der Waals surface area contributed by atoms with Gasteiger partial charge in [0.25, 0.3) is 0 Å². The lowest BCUT2D eigenvalue weighted by molar-refractivity contribution is 0.503. The smallest absolute Gasteiger partial charge is 0.138 e. The van der Waals surface area contributed by atoms with Crippen LogP contribution in [-0.2, 0) is 10.8 Å². The molecule has 1 heterocycles. The molecular weight excluding hydrogens is 336 g/mol. The molecule has 2 aromatic rings. The molecule has 2 nitrogen and oxygen atoms in total. The van der Waals surface area contributed by atoms with Crippen molar-refractivity contribution in [3.8, 4) is 0 Å². The van der Waals surface area contributed by atoms with Crippen molar-refractivity contribution in [2.45, 2.75) is 56.1 Å². The second-order valence-corrected chi connectivity index (χ2v) is 8.23. The van der Waals surface area contributed by atoms with Gasteiger partial charge in [0.2, 0.25) is 0 Å². The molecule has 0 bridgehead atoms. The number of hydrogen-bond donors (Lipinski definition) is 0. The molecule has 0 radical (unpaired) electrons. The summed E-state index contributed by atoms with van der Waals surface area (Å²) in [5, 5.41) is 1.31. The Morgan fingerprint density at radius 2 is 1.90 bits per heavy atom. The first-order valence-corrected chi connectivity index (χ1v) is 9.18. The van der Waals surface area contributed by atoms with E-state index in [2.05, 4.69) is 15.9 Å². The minimum atomic E-state index is -0.956. The summed E-state index contributed by atoms with van der Waals surface area (Å²) in [6, 6.07) is 4.08. The zero-order valence-corrected chi connectivity index (χ0v) is 14.3. The number of aryl methyl sites for hydroxylation is 2. The molecule has 1 unspecified atom stereocenters. The van der Waals surface area contributed by atoms with E-state index in [1.54, 1.807) is 0 Å².